The van der Waals surface area contributed by atoms with Crippen LogP contribution in [0.4, 0.5) is 4.39 Å². The Morgan fingerprint density at radius 3 is 2.62 bits per heavy atom. The minimum absolute atomic E-state index is 0.0294. The van der Waals surface area contributed by atoms with Crippen LogP contribution in [0.15, 0.2) is 36.4 Å². The summed E-state index contributed by atoms with van der Waals surface area (Å²) < 4.78 is 24.6. The summed E-state index contributed by atoms with van der Waals surface area (Å²) in [6.07, 6.45) is 0. The molecule has 26 heavy (non-hydrogen) atoms. The van der Waals surface area contributed by atoms with Crippen LogP contribution >= 0.6 is 11.6 Å². The van der Waals surface area contributed by atoms with Crippen LogP contribution in [0.25, 0.3) is 0 Å². The molecule has 0 aromatic heterocycles. The number of carbonyl (C=O) groups is 1. The van der Waals surface area contributed by atoms with Crippen LogP contribution in [0, 0.1) is 5.82 Å². The Morgan fingerprint density at radius 2 is 1.81 bits per heavy atom. The number of hydrogen-bond donors (Lipinski definition) is 0. The zero-order valence-electron chi connectivity index (χ0n) is 14.1. The fraction of sp³-hybridized carbons (Fsp3) is 0.316. The molecule has 136 valence electrons. The number of fused-ring (bicyclic) bond motifs is 1. The van der Waals surface area contributed by atoms with Crippen molar-refractivity contribution in [3.8, 4) is 11.5 Å². The van der Waals surface area contributed by atoms with Gasteiger partial charge in [-0.25, -0.2) is 4.39 Å². The number of hydrogen-bond acceptors (Lipinski definition) is 4. The van der Waals surface area contributed by atoms with Crippen LogP contribution in [0.1, 0.15) is 15.9 Å². The number of benzene rings is 2. The molecule has 1 amide bonds. The van der Waals surface area contributed by atoms with E-state index in [-0.39, 0.29) is 18.3 Å². The molecule has 0 spiro atoms. The van der Waals surface area contributed by atoms with E-state index in [1.807, 2.05) is 18.2 Å². The van der Waals surface area contributed by atoms with Crippen molar-refractivity contribution in [2.75, 3.05) is 33.0 Å². The van der Waals surface area contributed by atoms with E-state index >= 15 is 0 Å². The molecule has 0 bridgehead atoms. The second-order valence-corrected chi connectivity index (χ2v) is 6.82. The fourth-order valence-corrected chi connectivity index (χ4v) is 3.41. The maximum absolute atomic E-state index is 13.9. The Hall–Kier alpha value is -2.31. The summed E-state index contributed by atoms with van der Waals surface area (Å²) in [5.74, 6) is 0.690. The quantitative estimate of drug-likeness (QED) is 0.825. The SMILES string of the molecule is O=C(c1cc(Cl)ccc1F)N1CCN(Cc2ccc3c(c2)OCO3)CC1. The van der Waals surface area contributed by atoms with E-state index in [0.717, 1.165) is 36.7 Å². The topological polar surface area (TPSA) is 42.0 Å². The summed E-state index contributed by atoms with van der Waals surface area (Å²) in [5, 5.41) is 0.358. The summed E-state index contributed by atoms with van der Waals surface area (Å²) in [6.45, 7) is 3.58. The Labute approximate surface area is 155 Å². The molecule has 0 aliphatic carbocycles. The Bertz CT molecular complexity index is 838. The van der Waals surface area contributed by atoms with Crippen molar-refractivity contribution >= 4 is 17.5 Å². The van der Waals surface area contributed by atoms with Gasteiger partial charge in [-0.05, 0) is 35.9 Å². The van der Waals surface area contributed by atoms with Crippen LogP contribution in [-0.4, -0.2) is 48.7 Å². The first-order chi connectivity index (χ1) is 12.6. The van der Waals surface area contributed by atoms with Crippen molar-refractivity contribution in [2.45, 2.75) is 6.54 Å². The lowest BCUT2D eigenvalue weighted by atomic mass is 10.1. The fourth-order valence-electron chi connectivity index (χ4n) is 3.24. The molecule has 5 nitrogen and oxygen atoms in total. The largest absolute Gasteiger partial charge is 0.454 e. The molecule has 0 radical (unpaired) electrons. The average Bonchev–Trinajstić information content (AvgIpc) is 3.11. The van der Waals surface area contributed by atoms with Gasteiger partial charge in [0.2, 0.25) is 6.79 Å². The molecule has 0 unspecified atom stereocenters. The molecule has 0 saturated carbocycles. The average molecular weight is 377 g/mol. The smallest absolute Gasteiger partial charge is 0.256 e. The number of amides is 1. The van der Waals surface area contributed by atoms with Crippen LogP contribution in [0.2, 0.25) is 5.02 Å². The van der Waals surface area contributed by atoms with Gasteiger partial charge in [-0.3, -0.25) is 9.69 Å². The van der Waals surface area contributed by atoms with Crippen LogP contribution in [0.3, 0.4) is 0 Å². The molecule has 2 heterocycles. The lowest BCUT2D eigenvalue weighted by Gasteiger charge is -2.34. The van der Waals surface area contributed by atoms with E-state index in [4.69, 9.17) is 21.1 Å². The third-order valence-electron chi connectivity index (χ3n) is 4.66. The van der Waals surface area contributed by atoms with Crippen LogP contribution in [0.5, 0.6) is 11.5 Å². The summed E-state index contributed by atoms with van der Waals surface area (Å²) in [5.41, 5.74) is 1.16. The number of ether oxygens (including phenoxy) is 2. The van der Waals surface area contributed by atoms with Crippen molar-refractivity contribution < 1.29 is 18.7 Å². The minimum atomic E-state index is -0.540. The van der Waals surface area contributed by atoms with E-state index in [2.05, 4.69) is 4.90 Å². The van der Waals surface area contributed by atoms with Gasteiger partial charge in [-0.15, -0.1) is 0 Å². The number of piperazine rings is 1. The summed E-state index contributed by atoms with van der Waals surface area (Å²) >= 11 is 5.89. The van der Waals surface area contributed by atoms with Gasteiger partial charge in [0.05, 0.1) is 5.56 Å². The third-order valence-corrected chi connectivity index (χ3v) is 4.90. The number of carbonyl (C=O) groups excluding carboxylic acids is 1. The number of rotatable bonds is 3. The highest BCUT2D eigenvalue weighted by Crippen LogP contribution is 2.32. The minimum Gasteiger partial charge on any atom is -0.454 e. The molecule has 0 atom stereocenters. The Kier molecular flexibility index (Phi) is 4.70. The van der Waals surface area contributed by atoms with Crippen molar-refractivity contribution in [3.05, 3.63) is 58.4 Å². The molecule has 1 saturated heterocycles. The third kappa shape index (κ3) is 3.48. The van der Waals surface area contributed by atoms with E-state index < -0.39 is 5.82 Å². The highest BCUT2D eigenvalue weighted by molar-refractivity contribution is 6.31. The van der Waals surface area contributed by atoms with Gasteiger partial charge >= 0.3 is 0 Å². The second kappa shape index (κ2) is 7.13. The van der Waals surface area contributed by atoms with Gasteiger partial charge in [0.1, 0.15) is 5.82 Å². The number of nitrogens with zero attached hydrogens (tertiary/aromatic N) is 2. The second-order valence-electron chi connectivity index (χ2n) is 6.38. The van der Waals surface area contributed by atoms with Gasteiger partial charge < -0.3 is 14.4 Å². The zero-order valence-corrected chi connectivity index (χ0v) is 14.8. The first kappa shape index (κ1) is 17.1. The van der Waals surface area contributed by atoms with E-state index in [9.17, 15) is 9.18 Å². The Balaban J connectivity index is 1.36. The maximum Gasteiger partial charge on any atom is 0.256 e. The highest BCUT2D eigenvalue weighted by atomic mass is 35.5. The molecule has 7 heteroatoms. The number of halogens is 2. The molecule has 0 N–H and O–H groups in total. The molecule has 4 rings (SSSR count). The van der Waals surface area contributed by atoms with E-state index in [0.29, 0.717) is 18.1 Å². The predicted molar refractivity (Wildman–Crippen MR) is 95.2 cm³/mol. The van der Waals surface area contributed by atoms with Crippen LogP contribution in [-0.2, 0) is 6.54 Å². The van der Waals surface area contributed by atoms with Crippen LogP contribution < -0.4 is 9.47 Å². The van der Waals surface area contributed by atoms with Gasteiger partial charge in [-0.1, -0.05) is 17.7 Å². The Morgan fingerprint density at radius 1 is 1.04 bits per heavy atom. The van der Waals surface area contributed by atoms with Crippen molar-refractivity contribution in [1.29, 1.82) is 0 Å². The molecule has 2 aliphatic rings. The lowest BCUT2D eigenvalue weighted by molar-refractivity contribution is 0.0624. The monoisotopic (exact) mass is 376 g/mol. The van der Waals surface area contributed by atoms with Crippen molar-refractivity contribution in [1.82, 2.24) is 9.80 Å². The standard InChI is InChI=1S/C19H18ClFN2O3/c20-14-2-3-16(21)15(10-14)19(24)23-7-5-22(6-8-23)11-13-1-4-17-18(9-13)26-12-25-17/h1-4,9-10H,5-8,11-12H2. The van der Waals surface area contributed by atoms with Gasteiger partial charge in [0.25, 0.3) is 5.91 Å². The summed E-state index contributed by atoms with van der Waals surface area (Å²) in [6, 6.07) is 9.98. The van der Waals surface area contributed by atoms with E-state index in [1.54, 1.807) is 4.90 Å². The first-order valence-corrected chi connectivity index (χ1v) is 8.83. The molecule has 2 aromatic rings. The highest BCUT2D eigenvalue weighted by Gasteiger charge is 2.24. The normalized spacial score (nSPS) is 16.8. The summed E-state index contributed by atoms with van der Waals surface area (Å²) in [7, 11) is 0. The first-order valence-electron chi connectivity index (χ1n) is 8.45. The maximum atomic E-state index is 13.9. The summed E-state index contributed by atoms with van der Waals surface area (Å²) in [4.78, 5) is 16.5. The molecule has 2 aliphatic heterocycles. The lowest BCUT2D eigenvalue weighted by Crippen LogP contribution is -2.48. The van der Waals surface area contributed by atoms with Crippen molar-refractivity contribution in [2.24, 2.45) is 0 Å². The molecule has 1 fully saturated rings. The van der Waals surface area contributed by atoms with Gasteiger partial charge in [-0.2, -0.15) is 0 Å². The molecular weight excluding hydrogens is 359 g/mol. The zero-order chi connectivity index (χ0) is 18.1. The van der Waals surface area contributed by atoms with Crippen molar-refractivity contribution in [3.63, 3.8) is 0 Å². The predicted octanol–water partition coefficient (Wildman–Crippen LogP) is 3.17. The van der Waals surface area contributed by atoms with E-state index in [1.165, 1.54) is 18.2 Å². The van der Waals surface area contributed by atoms with Gasteiger partial charge in [0, 0.05) is 37.7 Å². The molecule has 2 aromatic carbocycles. The van der Waals surface area contributed by atoms with Gasteiger partial charge in [0.15, 0.2) is 11.5 Å². The molecular formula is C19H18ClFN2O3.